The van der Waals surface area contributed by atoms with Gasteiger partial charge in [0.25, 0.3) is 0 Å². The van der Waals surface area contributed by atoms with Gasteiger partial charge in [-0.25, -0.2) is 0 Å². The molecule has 0 bridgehead atoms. The number of aromatic nitrogens is 2. The number of hydrogen-bond acceptors (Lipinski definition) is 5. The van der Waals surface area contributed by atoms with Crippen LogP contribution in [0, 0.1) is 12.8 Å². The Morgan fingerprint density at radius 2 is 2.08 bits per heavy atom. The topological polar surface area (TPSA) is 75.2 Å². The van der Waals surface area contributed by atoms with Crippen LogP contribution in [0.3, 0.4) is 0 Å². The van der Waals surface area contributed by atoms with Crippen molar-refractivity contribution in [2.75, 3.05) is 18.4 Å². The lowest BCUT2D eigenvalue weighted by atomic mass is 10.1. The summed E-state index contributed by atoms with van der Waals surface area (Å²) in [7, 11) is 0. The highest BCUT2D eigenvalue weighted by atomic mass is 32.1. The number of carbonyl (C=O) groups is 2. The minimum atomic E-state index is -0.137. The molecule has 1 heterocycles. The second kappa shape index (κ2) is 8.40. The molecule has 0 spiro atoms. The van der Waals surface area contributed by atoms with Crippen molar-refractivity contribution in [2.24, 2.45) is 5.92 Å². The Morgan fingerprint density at radius 1 is 1.27 bits per heavy atom. The number of nitrogens with zero attached hydrogens (tertiary/aromatic N) is 3. The molecule has 26 heavy (non-hydrogen) atoms. The van der Waals surface area contributed by atoms with Gasteiger partial charge < -0.3 is 10.2 Å². The number of nitrogens with one attached hydrogen (secondary N) is 1. The Bertz CT molecular complexity index is 785. The van der Waals surface area contributed by atoms with Gasteiger partial charge in [0.05, 0.1) is 0 Å². The first kappa shape index (κ1) is 18.5. The van der Waals surface area contributed by atoms with Crippen LogP contribution in [0.15, 0.2) is 24.3 Å². The smallest absolute Gasteiger partial charge is 0.227 e. The van der Waals surface area contributed by atoms with Crippen molar-refractivity contribution in [2.45, 2.75) is 39.5 Å². The second-order valence-corrected chi connectivity index (χ2v) is 7.66. The largest absolute Gasteiger partial charge is 0.342 e. The lowest BCUT2D eigenvalue weighted by molar-refractivity contribution is -0.133. The summed E-state index contributed by atoms with van der Waals surface area (Å²) >= 11 is 1.35. The Hall–Kier alpha value is -2.28. The average molecular weight is 372 g/mol. The molecule has 1 aliphatic carbocycles. The van der Waals surface area contributed by atoms with E-state index in [1.165, 1.54) is 11.3 Å². The van der Waals surface area contributed by atoms with Crippen molar-refractivity contribution < 1.29 is 9.59 Å². The molecule has 2 aromatic rings. The molecule has 0 radical (unpaired) electrons. The zero-order chi connectivity index (χ0) is 18.5. The molecule has 1 aliphatic rings. The van der Waals surface area contributed by atoms with Gasteiger partial charge in [-0.3, -0.25) is 9.59 Å². The van der Waals surface area contributed by atoms with E-state index in [1.54, 1.807) is 0 Å². The van der Waals surface area contributed by atoms with Gasteiger partial charge in [-0.2, -0.15) is 0 Å². The third-order valence-electron chi connectivity index (χ3n) is 4.28. The summed E-state index contributed by atoms with van der Waals surface area (Å²) in [6.07, 6.45) is 3.14. The van der Waals surface area contributed by atoms with E-state index in [4.69, 9.17) is 0 Å². The maximum atomic E-state index is 12.2. The molecule has 6 nitrogen and oxygen atoms in total. The van der Waals surface area contributed by atoms with Crippen molar-refractivity contribution >= 4 is 28.3 Å². The van der Waals surface area contributed by atoms with Gasteiger partial charge >= 0.3 is 0 Å². The normalized spacial score (nSPS) is 13.5. The molecule has 1 fully saturated rings. The van der Waals surface area contributed by atoms with Crippen molar-refractivity contribution in [1.29, 1.82) is 0 Å². The van der Waals surface area contributed by atoms with Gasteiger partial charge in [0.15, 0.2) is 0 Å². The predicted molar refractivity (Wildman–Crippen MR) is 103 cm³/mol. The van der Waals surface area contributed by atoms with E-state index >= 15 is 0 Å². The van der Waals surface area contributed by atoms with Crippen molar-refractivity contribution in [3.8, 4) is 10.6 Å². The third-order valence-corrected chi connectivity index (χ3v) is 5.16. The van der Waals surface area contributed by atoms with Crippen LogP contribution in [-0.2, 0) is 9.59 Å². The fourth-order valence-electron chi connectivity index (χ4n) is 2.78. The molecule has 1 aromatic carbocycles. The Morgan fingerprint density at radius 3 is 2.77 bits per heavy atom. The highest BCUT2D eigenvalue weighted by molar-refractivity contribution is 7.18. The Balaban J connectivity index is 1.54. The first-order chi connectivity index (χ1) is 12.6. The lowest BCUT2D eigenvalue weighted by Crippen LogP contribution is -2.35. The van der Waals surface area contributed by atoms with Gasteiger partial charge in [0, 0.05) is 31.0 Å². The predicted octanol–water partition coefficient (Wildman–Crippen LogP) is 3.49. The summed E-state index contributed by atoms with van der Waals surface area (Å²) in [5, 5.41) is 12.3. The fourth-order valence-corrected chi connectivity index (χ4v) is 3.53. The molecule has 0 aliphatic heterocycles. The number of hydrogen-bond donors (Lipinski definition) is 1. The van der Waals surface area contributed by atoms with Crippen LogP contribution in [0.1, 0.15) is 38.2 Å². The second-order valence-electron chi connectivity index (χ2n) is 6.68. The number of carbonyl (C=O) groups excluding carboxylic acids is 2. The van der Waals surface area contributed by atoms with E-state index in [0.29, 0.717) is 18.2 Å². The molecule has 138 valence electrons. The number of benzene rings is 1. The van der Waals surface area contributed by atoms with Gasteiger partial charge in [0.2, 0.25) is 16.9 Å². The molecule has 7 heteroatoms. The third kappa shape index (κ3) is 4.88. The molecule has 3 rings (SSSR count). The van der Waals surface area contributed by atoms with E-state index < -0.39 is 0 Å². The maximum absolute atomic E-state index is 12.2. The monoisotopic (exact) mass is 372 g/mol. The maximum Gasteiger partial charge on any atom is 0.227 e. The van der Waals surface area contributed by atoms with Gasteiger partial charge in [-0.15, -0.1) is 10.2 Å². The zero-order valence-electron chi connectivity index (χ0n) is 15.2. The standard InChI is InChI=1S/C19H24N4O2S/c1-3-10-23(18(25)14-7-8-14)11-9-16(24)20-19-22-21-17(26-19)15-6-4-5-13(2)12-15/h4-6,12,14H,3,7-11H2,1-2H3,(H,20,22,24). The summed E-state index contributed by atoms with van der Waals surface area (Å²) in [5.74, 6) is 0.239. The highest BCUT2D eigenvalue weighted by Crippen LogP contribution is 2.31. The SMILES string of the molecule is CCCN(CCC(=O)Nc1nnc(-c2cccc(C)c2)s1)C(=O)C1CC1. The number of aryl methyl sites for hydroxylation is 1. The van der Waals surface area contributed by atoms with Gasteiger partial charge in [0.1, 0.15) is 5.01 Å². The van der Waals surface area contributed by atoms with E-state index in [2.05, 4.69) is 15.5 Å². The molecule has 2 amide bonds. The first-order valence-electron chi connectivity index (χ1n) is 9.06. The Labute approximate surface area is 157 Å². The summed E-state index contributed by atoms with van der Waals surface area (Å²) in [6, 6.07) is 8.02. The van der Waals surface area contributed by atoms with Crippen LogP contribution in [0.2, 0.25) is 0 Å². The molecular weight excluding hydrogens is 348 g/mol. The van der Waals surface area contributed by atoms with E-state index in [0.717, 1.165) is 35.4 Å². The van der Waals surface area contributed by atoms with E-state index in [9.17, 15) is 9.59 Å². The van der Waals surface area contributed by atoms with Crippen LogP contribution in [0.4, 0.5) is 5.13 Å². The molecule has 0 unspecified atom stereocenters. The van der Waals surface area contributed by atoms with Gasteiger partial charge in [-0.05, 0) is 32.3 Å². The minimum absolute atomic E-state index is 0.137. The summed E-state index contributed by atoms with van der Waals surface area (Å²) in [5.41, 5.74) is 2.15. The summed E-state index contributed by atoms with van der Waals surface area (Å²) in [6.45, 7) is 5.23. The molecule has 1 aromatic heterocycles. The average Bonchev–Trinajstić information content (AvgIpc) is 3.37. The number of rotatable bonds is 8. The summed E-state index contributed by atoms with van der Waals surface area (Å²) < 4.78 is 0. The minimum Gasteiger partial charge on any atom is -0.342 e. The van der Waals surface area contributed by atoms with Gasteiger partial charge in [-0.1, -0.05) is 42.0 Å². The number of amides is 2. The lowest BCUT2D eigenvalue weighted by Gasteiger charge is -2.21. The van der Waals surface area contributed by atoms with Crippen molar-refractivity contribution in [3.05, 3.63) is 29.8 Å². The fraction of sp³-hybridized carbons (Fsp3) is 0.474. The quantitative estimate of drug-likeness (QED) is 0.770. The number of anilines is 1. The molecular formula is C19H24N4O2S. The van der Waals surface area contributed by atoms with Crippen LogP contribution in [0.25, 0.3) is 10.6 Å². The van der Waals surface area contributed by atoms with E-state index in [-0.39, 0.29) is 24.2 Å². The highest BCUT2D eigenvalue weighted by Gasteiger charge is 2.33. The van der Waals surface area contributed by atoms with Crippen molar-refractivity contribution in [1.82, 2.24) is 15.1 Å². The first-order valence-corrected chi connectivity index (χ1v) is 9.87. The summed E-state index contributed by atoms with van der Waals surface area (Å²) in [4.78, 5) is 26.3. The Kier molecular flexibility index (Phi) is 5.98. The van der Waals surface area contributed by atoms with Crippen LogP contribution < -0.4 is 5.32 Å². The molecule has 1 N–H and O–H groups in total. The van der Waals surface area contributed by atoms with E-state index in [1.807, 2.05) is 43.0 Å². The van der Waals surface area contributed by atoms with Crippen LogP contribution in [-0.4, -0.2) is 40.0 Å². The molecule has 0 saturated heterocycles. The molecule has 1 saturated carbocycles. The molecule has 0 atom stereocenters. The van der Waals surface area contributed by atoms with Crippen molar-refractivity contribution in [3.63, 3.8) is 0 Å². The van der Waals surface area contributed by atoms with Crippen LogP contribution in [0.5, 0.6) is 0 Å². The zero-order valence-corrected chi connectivity index (χ0v) is 16.0. The van der Waals surface area contributed by atoms with Crippen LogP contribution >= 0.6 is 11.3 Å².